The quantitative estimate of drug-likeness (QED) is 0.0727. The average Bonchev–Trinajstić information content (AvgIpc) is 3.33. The molecule has 0 fully saturated rings. The zero-order valence-electron chi connectivity index (χ0n) is 34.1. The highest BCUT2D eigenvalue weighted by molar-refractivity contribution is 6.13. The van der Waals surface area contributed by atoms with Crippen LogP contribution in [0.4, 0.5) is 34.1 Å². The maximum absolute atomic E-state index is 13.6. The summed E-state index contributed by atoms with van der Waals surface area (Å²) >= 11 is 0. The van der Waals surface area contributed by atoms with Crippen LogP contribution >= 0.6 is 0 Å². The van der Waals surface area contributed by atoms with E-state index in [1.807, 2.05) is 24.3 Å². The fourth-order valence-electron chi connectivity index (χ4n) is 6.91. The zero-order chi connectivity index (χ0) is 44.7. The number of carbonyl (C=O) groups excluding carboxylic acids is 4. The predicted octanol–water partition coefficient (Wildman–Crippen LogP) is 12.0. The summed E-state index contributed by atoms with van der Waals surface area (Å²) in [5.41, 5.74) is 3.99. The third-order valence-electron chi connectivity index (χ3n) is 10.2. The lowest BCUT2D eigenvalue weighted by molar-refractivity contribution is 0.0592. The highest BCUT2D eigenvalue weighted by Gasteiger charge is 2.21. The van der Waals surface area contributed by atoms with Crippen LogP contribution in [0, 0.1) is 0 Å². The van der Waals surface area contributed by atoms with Crippen molar-refractivity contribution in [3.63, 3.8) is 0 Å². The minimum Gasteiger partial charge on any atom is -0.505 e. The first-order valence-corrected chi connectivity index (χ1v) is 19.6. The van der Waals surface area contributed by atoms with E-state index in [0.717, 1.165) is 11.1 Å². The number of benzene rings is 8. The molecule has 0 aliphatic rings. The number of amides is 2. The molecule has 8 aromatic rings. The first-order valence-electron chi connectivity index (χ1n) is 19.6. The lowest BCUT2D eigenvalue weighted by atomic mass is 10.0. The van der Waals surface area contributed by atoms with E-state index in [0.29, 0.717) is 44.3 Å². The van der Waals surface area contributed by atoms with Crippen LogP contribution in [0.25, 0.3) is 32.7 Å². The number of rotatable bonds is 11. The molecule has 8 aromatic carbocycles. The predicted molar refractivity (Wildman–Crippen MR) is 243 cm³/mol. The van der Waals surface area contributed by atoms with Gasteiger partial charge in [0.2, 0.25) is 0 Å². The fraction of sp³-hybridized carbons (Fsp3) is 0.0400. The van der Waals surface area contributed by atoms with Gasteiger partial charge in [-0.1, -0.05) is 84.9 Å². The molecular weight excluding hydrogens is 813 g/mol. The van der Waals surface area contributed by atoms with Crippen molar-refractivity contribution in [1.29, 1.82) is 0 Å². The number of fused-ring (bicyclic) bond motifs is 2. The van der Waals surface area contributed by atoms with Crippen molar-refractivity contribution in [3.8, 4) is 22.6 Å². The standard InChI is InChI=1S/C50H36N6O8/c1-63-49(61)33-11-7-13-37(25-33)53-55-43-39-15-5-3-9-31(39)27-41(45(43)57)47(59)51-35-21-17-29(18-22-35)30-19-23-36(24-20-30)52-48(60)42-28-32-10-4-6-16-40(32)44(46(42)58)56-54-38-14-8-12-34(26-38)50(62)64-2/h3-28,57-58H,1-2H3,(H,51,59)(H,52,60). The second-order valence-corrected chi connectivity index (χ2v) is 14.2. The first-order chi connectivity index (χ1) is 31.1. The van der Waals surface area contributed by atoms with Gasteiger partial charge in [-0.05, 0) is 94.7 Å². The monoisotopic (exact) mass is 848 g/mol. The minimum absolute atomic E-state index is 0.0157. The van der Waals surface area contributed by atoms with Crippen molar-refractivity contribution >= 4 is 79.4 Å². The molecule has 0 aliphatic carbocycles. The van der Waals surface area contributed by atoms with Crippen molar-refractivity contribution in [2.24, 2.45) is 20.5 Å². The van der Waals surface area contributed by atoms with E-state index in [2.05, 4.69) is 31.1 Å². The summed E-state index contributed by atoms with van der Waals surface area (Å²) < 4.78 is 9.58. The minimum atomic E-state index is -0.571. The fourth-order valence-corrected chi connectivity index (χ4v) is 6.91. The number of methoxy groups -OCH3 is 2. The van der Waals surface area contributed by atoms with Gasteiger partial charge in [-0.2, -0.15) is 10.2 Å². The van der Waals surface area contributed by atoms with Crippen LogP contribution < -0.4 is 10.6 Å². The maximum atomic E-state index is 13.6. The summed E-state index contributed by atoms with van der Waals surface area (Å²) in [5.74, 6) is -2.94. The van der Waals surface area contributed by atoms with E-state index in [4.69, 9.17) is 9.47 Å². The molecule has 0 aliphatic heterocycles. The summed E-state index contributed by atoms with van der Waals surface area (Å²) in [6, 6.07) is 44.4. The number of anilines is 2. The topological polar surface area (TPSA) is 201 Å². The maximum Gasteiger partial charge on any atom is 0.337 e. The third kappa shape index (κ3) is 8.87. The van der Waals surface area contributed by atoms with Crippen LogP contribution in [0.1, 0.15) is 41.4 Å². The van der Waals surface area contributed by atoms with Crippen LogP contribution in [0.3, 0.4) is 0 Å². The normalized spacial score (nSPS) is 11.2. The molecule has 14 nitrogen and oxygen atoms in total. The lowest BCUT2D eigenvalue weighted by Crippen LogP contribution is -2.12. The highest BCUT2D eigenvalue weighted by atomic mass is 16.5. The molecule has 8 rings (SSSR count). The number of aromatic hydroxyl groups is 2. The molecule has 0 heterocycles. The molecule has 64 heavy (non-hydrogen) atoms. The Hall–Kier alpha value is -9.04. The zero-order valence-corrected chi connectivity index (χ0v) is 34.1. The van der Waals surface area contributed by atoms with Gasteiger partial charge in [0, 0.05) is 22.1 Å². The van der Waals surface area contributed by atoms with E-state index < -0.39 is 23.8 Å². The number of esters is 2. The van der Waals surface area contributed by atoms with Crippen molar-refractivity contribution in [3.05, 3.63) is 180 Å². The summed E-state index contributed by atoms with van der Waals surface area (Å²) in [4.78, 5) is 51.2. The van der Waals surface area contributed by atoms with Crippen molar-refractivity contribution < 1.29 is 38.9 Å². The van der Waals surface area contributed by atoms with Crippen molar-refractivity contribution in [1.82, 2.24) is 0 Å². The summed E-state index contributed by atoms with van der Waals surface area (Å²) in [6.45, 7) is 0. The number of hydrogen-bond acceptors (Lipinski definition) is 12. The number of azo groups is 2. The molecule has 0 radical (unpaired) electrons. The molecule has 0 bridgehead atoms. The van der Waals surface area contributed by atoms with Gasteiger partial charge < -0.3 is 30.3 Å². The molecule has 314 valence electrons. The number of carbonyl (C=O) groups is 4. The molecule has 0 spiro atoms. The van der Waals surface area contributed by atoms with E-state index in [1.165, 1.54) is 26.4 Å². The number of ether oxygens (including phenoxy) is 2. The Balaban J connectivity index is 0.968. The smallest absolute Gasteiger partial charge is 0.337 e. The number of phenols is 2. The molecule has 0 saturated heterocycles. The first kappa shape index (κ1) is 41.7. The summed E-state index contributed by atoms with van der Waals surface area (Å²) in [6.07, 6.45) is 0. The molecular formula is C50H36N6O8. The van der Waals surface area contributed by atoms with E-state index in [1.54, 1.807) is 121 Å². The van der Waals surface area contributed by atoms with Gasteiger partial charge in [-0.25, -0.2) is 9.59 Å². The van der Waals surface area contributed by atoms with Gasteiger partial charge in [0.1, 0.15) is 11.4 Å². The average molecular weight is 849 g/mol. The molecule has 0 atom stereocenters. The van der Waals surface area contributed by atoms with Crippen LogP contribution in [0.5, 0.6) is 11.5 Å². The van der Waals surface area contributed by atoms with Gasteiger partial charge in [-0.15, -0.1) is 10.2 Å². The number of nitrogens with zero attached hydrogens (tertiary/aromatic N) is 4. The van der Waals surface area contributed by atoms with Gasteiger partial charge in [0.15, 0.2) is 11.5 Å². The Morgan fingerprint density at radius 3 is 1.23 bits per heavy atom. The van der Waals surface area contributed by atoms with Gasteiger partial charge in [0.05, 0.1) is 47.8 Å². The van der Waals surface area contributed by atoms with Gasteiger partial charge in [0.25, 0.3) is 11.8 Å². The van der Waals surface area contributed by atoms with Crippen LogP contribution in [0.2, 0.25) is 0 Å². The Morgan fingerprint density at radius 2 is 0.844 bits per heavy atom. The Kier molecular flexibility index (Phi) is 11.9. The molecule has 0 saturated carbocycles. The van der Waals surface area contributed by atoms with Crippen molar-refractivity contribution in [2.45, 2.75) is 0 Å². The SMILES string of the molecule is COC(=O)c1cccc(N=Nc2c(O)c(C(=O)Nc3ccc(-c4ccc(NC(=O)c5cc6ccccc6c(N=Nc6cccc(C(=O)OC)c6)c5O)cc4)cc3)cc3ccccc23)c1. The number of hydrogen-bond donors (Lipinski definition) is 4. The van der Waals surface area contributed by atoms with Gasteiger partial charge in [-0.3, -0.25) is 9.59 Å². The molecule has 2 amide bonds. The van der Waals surface area contributed by atoms with Crippen LogP contribution in [0.15, 0.2) is 178 Å². The molecule has 14 heteroatoms. The number of phenolic OH excluding ortho intramolecular Hbond substituents is 2. The van der Waals surface area contributed by atoms with E-state index >= 15 is 0 Å². The second-order valence-electron chi connectivity index (χ2n) is 14.2. The van der Waals surface area contributed by atoms with Crippen LogP contribution in [-0.2, 0) is 9.47 Å². The number of nitrogens with one attached hydrogen (secondary N) is 2. The largest absolute Gasteiger partial charge is 0.505 e. The van der Waals surface area contributed by atoms with Crippen molar-refractivity contribution in [2.75, 3.05) is 24.9 Å². The van der Waals surface area contributed by atoms with Crippen LogP contribution in [-0.4, -0.2) is 48.2 Å². The molecule has 0 unspecified atom stereocenters. The highest BCUT2D eigenvalue weighted by Crippen LogP contribution is 2.41. The summed E-state index contributed by atoms with van der Waals surface area (Å²) in [5, 5.41) is 47.9. The lowest BCUT2D eigenvalue weighted by Gasteiger charge is -2.12. The van der Waals surface area contributed by atoms with E-state index in [-0.39, 0.29) is 45.1 Å². The Morgan fingerprint density at radius 1 is 0.453 bits per heavy atom. The molecule has 4 N–H and O–H groups in total. The molecule has 0 aromatic heterocycles. The second kappa shape index (κ2) is 18.3. The third-order valence-corrected chi connectivity index (χ3v) is 10.2. The van der Waals surface area contributed by atoms with Gasteiger partial charge >= 0.3 is 11.9 Å². The summed E-state index contributed by atoms with van der Waals surface area (Å²) in [7, 11) is 2.56. The Labute approximate surface area is 365 Å². The Bertz CT molecular complexity index is 2970. The van der Waals surface area contributed by atoms with E-state index in [9.17, 15) is 29.4 Å².